The van der Waals surface area contributed by atoms with Gasteiger partial charge >= 0.3 is 25.9 Å². The van der Waals surface area contributed by atoms with Crippen LogP contribution in [0.15, 0.2) is 0 Å². The Kier molecular flexibility index (Phi) is 20.5. The first kappa shape index (κ1) is 8.83. The van der Waals surface area contributed by atoms with E-state index in [2.05, 4.69) is 0 Å². The van der Waals surface area contributed by atoms with Crippen LogP contribution in [-0.4, -0.2) is 21.4 Å². The molecule has 0 atom stereocenters. The number of rotatable bonds is 0. The maximum atomic E-state index is 7.29. The fraction of sp³-hybridized carbons (Fsp3) is 0. The van der Waals surface area contributed by atoms with Crippen LogP contribution < -0.4 is 4.50 Å². The van der Waals surface area contributed by atoms with Crippen LogP contribution in [0.1, 0.15) is 0 Å². The summed E-state index contributed by atoms with van der Waals surface area (Å²) in [6.07, 6.45) is 0. The third kappa shape index (κ3) is 15.3. The number of nitrogens with one attached hydrogen (secondary N) is 1. The van der Waals surface area contributed by atoms with Crippen molar-refractivity contribution in [2.45, 2.75) is 0 Å². The summed E-state index contributed by atoms with van der Waals surface area (Å²) in [5.41, 5.74) is 0. The van der Waals surface area contributed by atoms with E-state index in [4.69, 9.17) is 5.21 Å². The summed E-state index contributed by atoms with van der Waals surface area (Å²) in [4.78, 5) is 0. The monoisotopic (exact) mass is 149 g/mol. The van der Waals surface area contributed by atoms with Crippen LogP contribution in [0.25, 0.3) is 0 Å². The molecule has 0 spiro atoms. The van der Waals surface area contributed by atoms with Gasteiger partial charge in [-0.1, -0.05) is 0 Å². The van der Waals surface area contributed by atoms with Gasteiger partial charge in [0, 0.05) is 0 Å². The summed E-state index contributed by atoms with van der Waals surface area (Å²) < 4.78 is 1.69. The SMILES string of the molecule is Cl.ON[SeH]. The molecule has 0 bridgehead atoms. The van der Waals surface area contributed by atoms with Crippen LogP contribution in [0, 0.1) is 0 Å². The van der Waals surface area contributed by atoms with Gasteiger partial charge in [-0.25, -0.2) is 0 Å². The van der Waals surface area contributed by atoms with Gasteiger partial charge in [0.05, 0.1) is 0 Å². The molecule has 0 aliphatic rings. The van der Waals surface area contributed by atoms with Crippen molar-refractivity contribution in [3.8, 4) is 0 Å². The molecule has 0 aliphatic carbocycles. The molecule has 0 saturated carbocycles. The van der Waals surface area contributed by atoms with E-state index in [1.807, 2.05) is 0 Å². The van der Waals surface area contributed by atoms with E-state index in [1.54, 1.807) is 20.7 Å². The average molecular weight is 148 g/mol. The second-order valence-electron chi connectivity index (χ2n) is 0.100. The first-order valence-corrected chi connectivity index (χ1v) is 1.39. The number of halogens is 1. The van der Waals surface area contributed by atoms with Gasteiger partial charge in [-0.15, -0.1) is 12.4 Å². The van der Waals surface area contributed by atoms with Gasteiger partial charge in [0.1, 0.15) is 0 Å². The molecule has 0 heterocycles. The van der Waals surface area contributed by atoms with E-state index in [-0.39, 0.29) is 12.4 Å². The zero-order chi connectivity index (χ0) is 2.71. The zero-order valence-electron chi connectivity index (χ0n) is 1.80. The molecule has 0 radical (unpaired) electrons. The predicted molar refractivity (Wildman–Crippen MR) is 19.3 cm³/mol. The van der Waals surface area contributed by atoms with Crippen LogP contribution in [0.4, 0.5) is 0 Å². The van der Waals surface area contributed by atoms with Crippen molar-refractivity contribution in [3.05, 3.63) is 0 Å². The van der Waals surface area contributed by atoms with Gasteiger partial charge < -0.3 is 0 Å². The van der Waals surface area contributed by atoms with Gasteiger partial charge in [0.25, 0.3) is 0 Å². The van der Waals surface area contributed by atoms with Gasteiger partial charge in [-0.05, 0) is 0 Å². The Hall–Kier alpha value is 0.729. The molecule has 0 rings (SSSR count). The van der Waals surface area contributed by atoms with E-state index in [0.29, 0.717) is 0 Å². The molecule has 0 fully saturated rings. The first-order chi connectivity index (χ1) is 1.41. The Morgan fingerprint density at radius 2 is 1.75 bits per heavy atom. The molecule has 4 heavy (non-hydrogen) atoms. The van der Waals surface area contributed by atoms with Crippen molar-refractivity contribution in [1.29, 1.82) is 0 Å². The fourth-order valence-electron chi connectivity index (χ4n) is 0. The summed E-state index contributed by atoms with van der Waals surface area (Å²) in [5, 5.41) is 7.29. The normalized spacial score (nSPS) is 4.50. The van der Waals surface area contributed by atoms with E-state index in [9.17, 15) is 0 Å². The Bertz CT molecular complexity index is 8.00. The summed E-state index contributed by atoms with van der Waals surface area (Å²) in [7, 11) is 0. The van der Waals surface area contributed by atoms with Crippen LogP contribution >= 0.6 is 12.4 Å². The van der Waals surface area contributed by atoms with E-state index in [1.165, 1.54) is 0 Å². The summed E-state index contributed by atoms with van der Waals surface area (Å²) >= 11 is 1.77. The third-order valence-electron chi connectivity index (χ3n) is 0. The molecule has 0 aromatic carbocycles. The van der Waals surface area contributed by atoms with Crippen LogP contribution in [0.3, 0.4) is 0 Å². The van der Waals surface area contributed by atoms with Crippen LogP contribution in [-0.2, 0) is 0 Å². The zero-order valence-corrected chi connectivity index (χ0v) is 4.50. The molecule has 2 nitrogen and oxygen atoms in total. The Morgan fingerprint density at radius 1 is 1.75 bits per heavy atom. The van der Waals surface area contributed by atoms with E-state index in [0.717, 1.165) is 0 Å². The van der Waals surface area contributed by atoms with Crippen molar-refractivity contribution < 1.29 is 5.21 Å². The van der Waals surface area contributed by atoms with Crippen LogP contribution in [0.2, 0.25) is 0 Å². The first-order valence-electron chi connectivity index (χ1n) is 0.447. The standard InChI is InChI=1S/ClH.H3NOSe/c;2-1-3/h1H;1-3H. The maximum absolute atomic E-state index is 7.29. The van der Waals surface area contributed by atoms with E-state index >= 15 is 0 Å². The Labute approximate surface area is 39.0 Å². The summed E-state index contributed by atoms with van der Waals surface area (Å²) in [6, 6.07) is 0. The molecular formula is H4ClNOSe. The van der Waals surface area contributed by atoms with Crippen molar-refractivity contribution in [3.63, 3.8) is 0 Å². The number of hydrogen-bond donors (Lipinski definition) is 2. The molecule has 28 valence electrons. The van der Waals surface area contributed by atoms with Gasteiger partial charge in [0.15, 0.2) is 0 Å². The minimum atomic E-state index is 0. The summed E-state index contributed by atoms with van der Waals surface area (Å²) in [6.45, 7) is 0. The number of hydrogen-bond acceptors (Lipinski definition) is 2. The van der Waals surface area contributed by atoms with Crippen molar-refractivity contribution in [1.82, 2.24) is 4.50 Å². The molecule has 0 aliphatic heterocycles. The van der Waals surface area contributed by atoms with Crippen LogP contribution in [0.5, 0.6) is 0 Å². The molecule has 4 heteroatoms. The fourth-order valence-corrected chi connectivity index (χ4v) is 0. The second-order valence-corrected chi connectivity index (χ2v) is 0.520. The topological polar surface area (TPSA) is 32.3 Å². The molecular weight excluding hydrogens is 144 g/mol. The Balaban J connectivity index is 0. The van der Waals surface area contributed by atoms with Gasteiger partial charge in [-0.3, -0.25) is 0 Å². The average Bonchev–Trinajstić information content (AvgIpc) is 0.918. The van der Waals surface area contributed by atoms with Gasteiger partial charge in [0.2, 0.25) is 0 Å². The quantitative estimate of drug-likeness (QED) is 0.348. The van der Waals surface area contributed by atoms with E-state index < -0.39 is 0 Å². The van der Waals surface area contributed by atoms with Crippen molar-refractivity contribution in [2.24, 2.45) is 0 Å². The molecule has 0 unspecified atom stereocenters. The molecule has 2 N–H and O–H groups in total. The molecule has 0 saturated heterocycles. The molecule has 0 aromatic heterocycles. The van der Waals surface area contributed by atoms with Gasteiger partial charge in [-0.2, -0.15) is 0 Å². The minimum absolute atomic E-state index is 0. The second kappa shape index (κ2) is 9.29. The third-order valence-corrected chi connectivity index (χ3v) is 0. The Morgan fingerprint density at radius 3 is 1.75 bits per heavy atom. The summed E-state index contributed by atoms with van der Waals surface area (Å²) in [5.74, 6) is 0. The predicted octanol–water partition coefficient (Wildman–Crippen LogP) is -0.797. The molecule has 0 amide bonds. The van der Waals surface area contributed by atoms with Crippen molar-refractivity contribution in [2.75, 3.05) is 0 Å². The van der Waals surface area contributed by atoms with Crippen molar-refractivity contribution >= 4 is 28.6 Å². The molecule has 0 aromatic rings.